The number of Topliss-reactive ketones (excluding diaryl/α,β-unsaturated/α-hetero) is 1. The number of ketones is 1. The third-order valence-corrected chi connectivity index (χ3v) is 6.07. The van der Waals surface area contributed by atoms with Gasteiger partial charge in [0.15, 0.2) is 11.6 Å². The maximum absolute atomic E-state index is 13.1. The van der Waals surface area contributed by atoms with E-state index in [-0.39, 0.29) is 17.9 Å². The van der Waals surface area contributed by atoms with Crippen molar-refractivity contribution in [3.8, 4) is 0 Å². The molecule has 2 bridgehead atoms. The van der Waals surface area contributed by atoms with Gasteiger partial charge in [-0.05, 0) is 37.8 Å². The third-order valence-electron chi connectivity index (χ3n) is 5.85. The zero-order valence-corrected chi connectivity index (χ0v) is 16.5. The largest absolute Gasteiger partial charge is 0.332 e. The predicted octanol–water partition coefficient (Wildman–Crippen LogP) is 2.61. The van der Waals surface area contributed by atoms with Crippen LogP contribution in [0.3, 0.4) is 0 Å². The lowest BCUT2D eigenvalue weighted by Crippen LogP contribution is -2.55. The van der Waals surface area contributed by atoms with Crippen molar-refractivity contribution in [2.24, 2.45) is 4.99 Å². The maximum atomic E-state index is 13.1. The quantitative estimate of drug-likeness (QED) is 0.716. The summed E-state index contributed by atoms with van der Waals surface area (Å²) in [7, 11) is 0. The fourth-order valence-electron chi connectivity index (χ4n) is 4.57. The van der Waals surface area contributed by atoms with Gasteiger partial charge in [0.05, 0.1) is 36.0 Å². The molecule has 0 amide bonds. The number of halogens is 2. The molecule has 2 fully saturated rings. The molecule has 3 aliphatic heterocycles. The normalized spacial score (nSPS) is 23.7. The SMILES string of the molecule is O=C(CN1CC2CCC(C1)N2c1ncc(F)cn1)C1=Nc2ccc(Cl)nc2CC1. The van der Waals surface area contributed by atoms with Gasteiger partial charge in [-0.15, -0.1) is 0 Å². The molecule has 0 spiro atoms. The minimum absolute atomic E-state index is 0.0662. The highest BCUT2D eigenvalue weighted by molar-refractivity contribution is 6.41. The Balaban J connectivity index is 1.26. The van der Waals surface area contributed by atoms with Crippen molar-refractivity contribution >= 4 is 34.7 Å². The molecular formula is C20H20ClFN6O. The van der Waals surface area contributed by atoms with E-state index in [1.807, 2.05) is 6.07 Å². The molecule has 0 saturated carbocycles. The van der Waals surface area contributed by atoms with Crippen molar-refractivity contribution in [1.82, 2.24) is 19.9 Å². The number of hydrogen-bond donors (Lipinski definition) is 0. The van der Waals surface area contributed by atoms with Crippen molar-refractivity contribution in [3.63, 3.8) is 0 Å². The van der Waals surface area contributed by atoms with E-state index in [9.17, 15) is 9.18 Å². The lowest BCUT2D eigenvalue weighted by Gasteiger charge is -2.40. The fourth-order valence-corrected chi connectivity index (χ4v) is 4.74. The Kier molecular flexibility index (Phi) is 4.75. The number of nitrogens with zero attached hydrogens (tertiary/aromatic N) is 6. The molecule has 2 saturated heterocycles. The number of likely N-dealkylation sites (tertiary alicyclic amines) is 1. The van der Waals surface area contributed by atoms with Crippen molar-refractivity contribution in [3.05, 3.63) is 41.2 Å². The minimum atomic E-state index is -0.433. The van der Waals surface area contributed by atoms with E-state index < -0.39 is 5.82 Å². The van der Waals surface area contributed by atoms with Crippen LogP contribution in [-0.2, 0) is 11.2 Å². The number of pyridine rings is 1. The summed E-state index contributed by atoms with van der Waals surface area (Å²) in [6, 6.07) is 4.00. The second kappa shape index (κ2) is 7.42. The summed E-state index contributed by atoms with van der Waals surface area (Å²) in [5.74, 6) is 0.207. The molecule has 2 aromatic heterocycles. The van der Waals surface area contributed by atoms with Gasteiger partial charge >= 0.3 is 0 Å². The van der Waals surface area contributed by atoms with Gasteiger partial charge in [0, 0.05) is 25.2 Å². The van der Waals surface area contributed by atoms with Crippen LogP contribution in [-0.4, -0.2) is 63.1 Å². The molecule has 3 aliphatic rings. The maximum Gasteiger partial charge on any atom is 0.226 e. The Morgan fingerprint density at radius 1 is 1.14 bits per heavy atom. The second-order valence-electron chi connectivity index (χ2n) is 7.77. The number of aryl methyl sites for hydroxylation is 1. The molecule has 0 radical (unpaired) electrons. The summed E-state index contributed by atoms with van der Waals surface area (Å²) in [6.07, 6.45) is 5.74. The molecule has 7 nitrogen and oxygen atoms in total. The van der Waals surface area contributed by atoms with Crippen LogP contribution in [0.1, 0.15) is 25.0 Å². The van der Waals surface area contributed by atoms with Crippen LogP contribution in [0.5, 0.6) is 0 Å². The lowest BCUT2D eigenvalue weighted by molar-refractivity contribution is -0.114. The van der Waals surface area contributed by atoms with Crippen molar-refractivity contribution in [2.75, 3.05) is 24.5 Å². The number of anilines is 1. The van der Waals surface area contributed by atoms with Gasteiger partial charge in [-0.2, -0.15) is 0 Å². The Labute approximate surface area is 172 Å². The number of aromatic nitrogens is 3. The number of fused-ring (bicyclic) bond motifs is 3. The first-order valence-electron chi connectivity index (χ1n) is 9.81. The molecule has 9 heteroatoms. The number of rotatable bonds is 4. The molecule has 5 rings (SSSR count). The van der Waals surface area contributed by atoms with Crippen molar-refractivity contribution < 1.29 is 9.18 Å². The van der Waals surface area contributed by atoms with E-state index in [1.165, 1.54) is 12.4 Å². The van der Waals surface area contributed by atoms with E-state index in [1.54, 1.807) is 6.07 Å². The summed E-state index contributed by atoms with van der Waals surface area (Å²) in [4.78, 5) is 34.4. The number of piperazine rings is 1. The van der Waals surface area contributed by atoms with Gasteiger partial charge in [-0.1, -0.05) is 11.6 Å². The molecule has 0 N–H and O–H groups in total. The first kappa shape index (κ1) is 18.6. The monoisotopic (exact) mass is 414 g/mol. The van der Waals surface area contributed by atoms with Crippen LogP contribution < -0.4 is 4.90 Å². The zero-order chi connectivity index (χ0) is 20.0. The highest BCUT2D eigenvalue weighted by Gasteiger charge is 2.41. The van der Waals surface area contributed by atoms with Gasteiger partial charge < -0.3 is 4.90 Å². The molecule has 2 aromatic rings. The van der Waals surface area contributed by atoms with E-state index >= 15 is 0 Å². The summed E-state index contributed by atoms with van der Waals surface area (Å²) < 4.78 is 13.1. The summed E-state index contributed by atoms with van der Waals surface area (Å²) in [5, 5.41) is 0.451. The topological polar surface area (TPSA) is 74.6 Å². The Hall–Kier alpha value is -2.45. The highest BCUT2D eigenvalue weighted by Crippen LogP contribution is 2.33. The lowest BCUT2D eigenvalue weighted by atomic mass is 10.0. The molecule has 2 unspecified atom stereocenters. The number of aliphatic imine (C=N–C) groups is 1. The Morgan fingerprint density at radius 3 is 2.59 bits per heavy atom. The van der Waals surface area contributed by atoms with Crippen molar-refractivity contribution in [2.45, 2.75) is 37.8 Å². The summed E-state index contributed by atoms with van der Waals surface area (Å²) in [5.41, 5.74) is 2.20. The van der Waals surface area contributed by atoms with Gasteiger partial charge in [-0.25, -0.2) is 24.3 Å². The van der Waals surface area contributed by atoms with Gasteiger partial charge in [-0.3, -0.25) is 9.69 Å². The summed E-state index contributed by atoms with van der Waals surface area (Å²) >= 11 is 5.94. The minimum Gasteiger partial charge on any atom is -0.332 e. The van der Waals surface area contributed by atoms with Crippen LogP contribution in [0.2, 0.25) is 5.15 Å². The van der Waals surface area contributed by atoms with Gasteiger partial charge in [0.1, 0.15) is 5.15 Å². The van der Waals surface area contributed by atoms with Gasteiger partial charge in [0.2, 0.25) is 5.95 Å². The molecular weight excluding hydrogens is 395 g/mol. The van der Waals surface area contributed by atoms with E-state index in [2.05, 4.69) is 29.7 Å². The Morgan fingerprint density at radius 2 is 1.86 bits per heavy atom. The average Bonchev–Trinajstić information content (AvgIpc) is 2.98. The first-order valence-corrected chi connectivity index (χ1v) is 10.2. The predicted molar refractivity (Wildman–Crippen MR) is 107 cm³/mol. The second-order valence-corrected chi connectivity index (χ2v) is 8.16. The van der Waals surface area contributed by atoms with Crippen LogP contribution >= 0.6 is 11.6 Å². The number of carbonyl (C=O) groups is 1. The van der Waals surface area contributed by atoms with Crippen LogP contribution in [0.15, 0.2) is 29.5 Å². The first-order chi connectivity index (χ1) is 14.1. The standard InChI is InChI=1S/C20H20ClFN6O/c21-19-6-5-15-16(26-19)3-4-17(25-15)18(29)11-27-9-13-1-2-14(10-27)28(13)20-23-7-12(22)8-24-20/h5-8,13-14H,1-4,9-11H2. The molecule has 0 aliphatic carbocycles. The van der Waals surface area contributed by atoms with E-state index in [4.69, 9.17) is 11.6 Å². The molecule has 29 heavy (non-hydrogen) atoms. The average molecular weight is 415 g/mol. The fraction of sp³-hybridized carbons (Fsp3) is 0.450. The van der Waals surface area contributed by atoms with Crippen LogP contribution in [0, 0.1) is 5.82 Å². The van der Waals surface area contributed by atoms with Crippen LogP contribution in [0.4, 0.5) is 16.0 Å². The van der Waals surface area contributed by atoms with Gasteiger partial charge in [0.25, 0.3) is 0 Å². The van der Waals surface area contributed by atoms with Crippen LogP contribution in [0.25, 0.3) is 0 Å². The molecule has 150 valence electrons. The number of carbonyl (C=O) groups excluding carboxylic acids is 1. The molecule has 0 aromatic carbocycles. The molecule has 2 atom stereocenters. The molecule has 5 heterocycles. The van der Waals surface area contributed by atoms with Crippen molar-refractivity contribution in [1.29, 1.82) is 0 Å². The summed E-state index contributed by atoms with van der Waals surface area (Å²) in [6.45, 7) is 1.90. The Bertz CT molecular complexity index is 967. The third kappa shape index (κ3) is 3.62. The van der Waals surface area contributed by atoms with E-state index in [0.717, 1.165) is 37.3 Å². The zero-order valence-electron chi connectivity index (χ0n) is 15.8. The van der Waals surface area contributed by atoms with E-state index in [0.29, 0.717) is 36.2 Å². The smallest absolute Gasteiger partial charge is 0.226 e. The number of hydrogen-bond acceptors (Lipinski definition) is 7. The highest BCUT2D eigenvalue weighted by atomic mass is 35.5.